The number of hydrogen-bond donors (Lipinski definition) is 1. The molecule has 2 rings (SSSR count). The minimum absolute atomic E-state index is 0.140. The number of aromatic nitrogens is 2. The topological polar surface area (TPSA) is 43.8 Å². The lowest BCUT2D eigenvalue weighted by molar-refractivity contribution is 0.494. The number of aryl methyl sites for hydroxylation is 1. The first kappa shape index (κ1) is 11.7. The van der Waals surface area contributed by atoms with Crippen molar-refractivity contribution in [2.75, 3.05) is 0 Å². The van der Waals surface area contributed by atoms with E-state index in [0.29, 0.717) is 5.56 Å². The van der Waals surface area contributed by atoms with E-state index < -0.39 is 17.7 Å². The van der Waals surface area contributed by atoms with E-state index in [0.717, 1.165) is 11.8 Å². The first-order chi connectivity index (χ1) is 8.02. The van der Waals surface area contributed by atoms with Crippen molar-refractivity contribution in [3.05, 3.63) is 52.9 Å². The Kier molecular flexibility index (Phi) is 2.93. The predicted molar refractivity (Wildman–Crippen MR) is 60.3 cm³/mol. The van der Waals surface area contributed by atoms with Crippen molar-refractivity contribution in [3.8, 4) is 0 Å². The van der Waals surface area contributed by atoms with Gasteiger partial charge in [0.2, 0.25) is 0 Å². The highest BCUT2D eigenvalue weighted by Gasteiger charge is 2.19. The number of nitrogens with zero attached hydrogens (tertiary/aromatic N) is 2. The Morgan fingerprint density at radius 1 is 1.29 bits per heavy atom. The largest absolute Gasteiger partial charge is 0.320 e. The number of rotatable bonds is 2. The number of nitrogens with two attached hydrogens (primary N) is 1. The number of hydrogen-bond acceptors (Lipinski definition) is 2. The third kappa shape index (κ3) is 1.93. The zero-order valence-corrected chi connectivity index (χ0v) is 9.61. The summed E-state index contributed by atoms with van der Waals surface area (Å²) in [5, 5.41) is 4.04. The molecule has 2 aromatic rings. The molecule has 1 atom stereocenters. The quantitative estimate of drug-likeness (QED) is 0.868. The smallest absolute Gasteiger partial charge is 0.163 e. The Morgan fingerprint density at radius 2 is 2.00 bits per heavy atom. The molecule has 1 aromatic heterocycles. The van der Waals surface area contributed by atoms with Gasteiger partial charge in [0, 0.05) is 23.9 Å². The molecule has 0 aliphatic heterocycles. The summed E-state index contributed by atoms with van der Waals surface area (Å²) in [6.45, 7) is 1.83. The van der Waals surface area contributed by atoms with Gasteiger partial charge >= 0.3 is 0 Å². The third-order valence-corrected chi connectivity index (χ3v) is 2.92. The van der Waals surface area contributed by atoms with E-state index in [9.17, 15) is 8.78 Å². The summed E-state index contributed by atoms with van der Waals surface area (Å²) < 4.78 is 28.3. The van der Waals surface area contributed by atoms with Gasteiger partial charge in [0.05, 0.1) is 12.2 Å². The van der Waals surface area contributed by atoms with E-state index in [1.54, 1.807) is 17.9 Å². The zero-order chi connectivity index (χ0) is 12.6. The van der Waals surface area contributed by atoms with Gasteiger partial charge in [-0.3, -0.25) is 4.68 Å². The summed E-state index contributed by atoms with van der Waals surface area (Å²) in [6.07, 6.45) is 1.57. The highest BCUT2D eigenvalue weighted by Crippen LogP contribution is 2.25. The molecule has 3 nitrogen and oxygen atoms in total. The molecular weight excluding hydrogens is 224 g/mol. The van der Waals surface area contributed by atoms with Gasteiger partial charge in [-0.15, -0.1) is 0 Å². The van der Waals surface area contributed by atoms with Crippen LogP contribution in [0, 0.1) is 18.6 Å². The molecule has 90 valence electrons. The molecule has 17 heavy (non-hydrogen) atoms. The van der Waals surface area contributed by atoms with Crippen LogP contribution in [-0.4, -0.2) is 9.78 Å². The molecule has 1 heterocycles. The Morgan fingerprint density at radius 3 is 2.59 bits per heavy atom. The van der Waals surface area contributed by atoms with Crippen LogP contribution >= 0.6 is 0 Å². The Balaban J connectivity index is 2.47. The van der Waals surface area contributed by atoms with Gasteiger partial charge in [-0.1, -0.05) is 12.1 Å². The summed E-state index contributed by atoms with van der Waals surface area (Å²) in [7, 11) is 1.77. The SMILES string of the molecule is Cc1c(C(N)c2cccc(F)c2F)cnn1C. The van der Waals surface area contributed by atoms with E-state index >= 15 is 0 Å². The monoisotopic (exact) mass is 237 g/mol. The average molecular weight is 237 g/mol. The summed E-state index contributed by atoms with van der Waals surface area (Å²) in [6, 6.07) is 3.29. The maximum Gasteiger partial charge on any atom is 0.163 e. The van der Waals surface area contributed by atoms with Crippen LogP contribution in [0.2, 0.25) is 0 Å². The van der Waals surface area contributed by atoms with Crippen molar-refractivity contribution in [3.63, 3.8) is 0 Å². The number of halogens is 2. The van der Waals surface area contributed by atoms with E-state index in [1.807, 2.05) is 6.92 Å². The Labute approximate surface area is 97.9 Å². The van der Waals surface area contributed by atoms with E-state index in [4.69, 9.17) is 5.73 Å². The van der Waals surface area contributed by atoms with Crippen molar-refractivity contribution in [2.45, 2.75) is 13.0 Å². The minimum atomic E-state index is -0.900. The summed E-state index contributed by atoms with van der Waals surface area (Å²) in [4.78, 5) is 0. The second-order valence-corrected chi connectivity index (χ2v) is 3.93. The molecule has 1 unspecified atom stereocenters. The third-order valence-electron chi connectivity index (χ3n) is 2.92. The fourth-order valence-corrected chi connectivity index (χ4v) is 1.75. The van der Waals surface area contributed by atoms with Gasteiger partial charge in [-0.25, -0.2) is 8.78 Å². The van der Waals surface area contributed by atoms with E-state index in [2.05, 4.69) is 5.10 Å². The van der Waals surface area contributed by atoms with Gasteiger partial charge in [0.1, 0.15) is 0 Å². The molecule has 0 bridgehead atoms. The van der Waals surface area contributed by atoms with Crippen LogP contribution in [0.4, 0.5) is 8.78 Å². The second-order valence-electron chi connectivity index (χ2n) is 3.93. The lowest BCUT2D eigenvalue weighted by Crippen LogP contribution is -2.15. The Bertz CT molecular complexity index is 549. The molecule has 0 aliphatic carbocycles. The highest BCUT2D eigenvalue weighted by atomic mass is 19.2. The lowest BCUT2D eigenvalue weighted by Gasteiger charge is -2.13. The van der Waals surface area contributed by atoms with Crippen LogP contribution < -0.4 is 5.73 Å². The van der Waals surface area contributed by atoms with E-state index in [1.165, 1.54) is 12.1 Å². The summed E-state index contributed by atoms with van der Waals surface area (Å²) in [5.41, 5.74) is 7.61. The predicted octanol–water partition coefficient (Wildman–Crippen LogP) is 2.05. The van der Waals surface area contributed by atoms with Crippen LogP contribution in [0.15, 0.2) is 24.4 Å². The highest BCUT2D eigenvalue weighted by molar-refractivity contribution is 5.33. The first-order valence-corrected chi connectivity index (χ1v) is 5.20. The average Bonchev–Trinajstić information content (AvgIpc) is 2.63. The number of benzene rings is 1. The van der Waals surface area contributed by atoms with Crippen molar-refractivity contribution in [1.29, 1.82) is 0 Å². The normalized spacial score (nSPS) is 12.8. The summed E-state index contributed by atoms with van der Waals surface area (Å²) in [5.74, 6) is -1.79. The van der Waals surface area contributed by atoms with Crippen LogP contribution in [0.3, 0.4) is 0 Å². The molecule has 0 radical (unpaired) electrons. The van der Waals surface area contributed by atoms with Gasteiger partial charge in [0.25, 0.3) is 0 Å². The van der Waals surface area contributed by atoms with Gasteiger partial charge in [-0.05, 0) is 13.0 Å². The van der Waals surface area contributed by atoms with Gasteiger partial charge in [0.15, 0.2) is 11.6 Å². The van der Waals surface area contributed by atoms with Gasteiger partial charge in [-0.2, -0.15) is 5.10 Å². The van der Waals surface area contributed by atoms with Crippen LogP contribution in [-0.2, 0) is 7.05 Å². The molecule has 0 saturated heterocycles. The molecule has 1 aromatic carbocycles. The fraction of sp³-hybridized carbons (Fsp3) is 0.250. The molecule has 0 amide bonds. The van der Waals surface area contributed by atoms with Crippen LogP contribution in [0.25, 0.3) is 0 Å². The molecule has 5 heteroatoms. The second kappa shape index (κ2) is 4.25. The van der Waals surface area contributed by atoms with Gasteiger partial charge < -0.3 is 5.73 Å². The standard InChI is InChI=1S/C12H13F2N3/c1-7-9(6-16-17(7)2)12(15)8-4-3-5-10(13)11(8)14/h3-6,12H,15H2,1-2H3. The maximum atomic E-state index is 13.6. The minimum Gasteiger partial charge on any atom is -0.320 e. The molecule has 0 aliphatic rings. The lowest BCUT2D eigenvalue weighted by atomic mass is 10.00. The fourth-order valence-electron chi connectivity index (χ4n) is 1.75. The molecule has 0 spiro atoms. The first-order valence-electron chi connectivity index (χ1n) is 5.20. The summed E-state index contributed by atoms with van der Waals surface area (Å²) >= 11 is 0. The van der Waals surface area contributed by atoms with Crippen molar-refractivity contribution < 1.29 is 8.78 Å². The molecule has 2 N–H and O–H groups in total. The van der Waals surface area contributed by atoms with Crippen molar-refractivity contribution in [1.82, 2.24) is 9.78 Å². The molecular formula is C12H13F2N3. The molecule has 0 fully saturated rings. The maximum absolute atomic E-state index is 13.6. The van der Waals surface area contributed by atoms with Crippen LogP contribution in [0.5, 0.6) is 0 Å². The zero-order valence-electron chi connectivity index (χ0n) is 9.61. The van der Waals surface area contributed by atoms with Crippen molar-refractivity contribution in [2.24, 2.45) is 12.8 Å². The Hall–Kier alpha value is -1.75. The van der Waals surface area contributed by atoms with Crippen molar-refractivity contribution >= 4 is 0 Å². The molecule has 0 saturated carbocycles. The van der Waals surface area contributed by atoms with E-state index in [-0.39, 0.29) is 5.56 Å². The van der Waals surface area contributed by atoms with Crippen LogP contribution in [0.1, 0.15) is 22.9 Å².